The number of rotatable bonds is 4. The highest BCUT2D eigenvalue weighted by Gasteiger charge is 2.19. The van der Waals surface area contributed by atoms with Crippen LogP contribution in [0.25, 0.3) is 6.08 Å². The van der Waals surface area contributed by atoms with E-state index in [9.17, 15) is 0 Å². The summed E-state index contributed by atoms with van der Waals surface area (Å²) in [6.45, 7) is 4.59. The normalized spacial score (nSPS) is 15.7. The van der Waals surface area contributed by atoms with Gasteiger partial charge in [-0.25, -0.2) is 9.97 Å². The minimum atomic E-state index is 0.407. The number of nitrogens with zero attached hydrogens (tertiary/aromatic N) is 5. The van der Waals surface area contributed by atoms with E-state index >= 15 is 0 Å². The predicted molar refractivity (Wildman–Crippen MR) is 90.9 cm³/mol. The van der Waals surface area contributed by atoms with Gasteiger partial charge < -0.3 is 4.90 Å². The first kappa shape index (κ1) is 15.2. The summed E-state index contributed by atoms with van der Waals surface area (Å²) in [5, 5.41) is 9.13. The third-order valence-electron chi connectivity index (χ3n) is 3.93. The van der Waals surface area contributed by atoms with Gasteiger partial charge in [-0.05, 0) is 5.56 Å². The monoisotopic (exact) mass is 305 g/mol. The zero-order chi connectivity index (χ0) is 15.9. The molecule has 0 saturated carbocycles. The van der Waals surface area contributed by atoms with Crippen LogP contribution in [0.5, 0.6) is 0 Å². The molecule has 0 N–H and O–H groups in total. The largest absolute Gasteiger partial charge is 0.352 e. The Balaban J connectivity index is 1.53. The van der Waals surface area contributed by atoms with Gasteiger partial charge in [0.25, 0.3) is 0 Å². The second kappa shape index (κ2) is 7.52. The highest BCUT2D eigenvalue weighted by molar-refractivity contribution is 5.50. The van der Waals surface area contributed by atoms with Crippen LogP contribution in [0, 0.1) is 11.3 Å². The van der Waals surface area contributed by atoms with E-state index in [4.69, 9.17) is 5.26 Å². The maximum absolute atomic E-state index is 9.13. The molecular weight excluding hydrogens is 286 g/mol. The third kappa shape index (κ3) is 3.93. The van der Waals surface area contributed by atoms with E-state index in [0.29, 0.717) is 11.5 Å². The maximum atomic E-state index is 9.13. The molecule has 0 aliphatic carbocycles. The minimum Gasteiger partial charge on any atom is -0.352 e. The van der Waals surface area contributed by atoms with Gasteiger partial charge >= 0.3 is 0 Å². The Morgan fingerprint density at radius 2 is 1.78 bits per heavy atom. The summed E-state index contributed by atoms with van der Waals surface area (Å²) in [6, 6.07) is 12.4. The zero-order valence-electron chi connectivity index (χ0n) is 13.0. The molecule has 0 radical (unpaired) electrons. The topological polar surface area (TPSA) is 56.1 Å². The second-order valence-electron chi connectivity index (χ2n) is 5.44. The molecule has 0 amide bonds. The summed E-state index contributed by atoms with van der Waals surface area (Å²) in [6.07, 6.45) is 7.56. The molecule has 0 atom stereocenters. The van der Waals surface area contributed by atoms with Crippen LogP contribution in [0.4, 0.5) is 5.82 Å². The van der Waals surface area contributed by atoms with Crippen molar-refractivity contribution >= 4 is 11.9 Å². The van der Waals surface area contributed by atoms with Crippen molar-refractivity contribution in [3.63, 3.8) is 0 Å². The van der Waals surface area contributed by atoms with Crippen molar-refractivity contribution in [1.82, 2.24) is 14.9 Å². The number of hydrogen-bond acceptors (Lipinski definition) is 5. The van der Waals surface area contributed by atoms with Gasteiger partial charge in [0.15, 0.2) is 11.5 Å². The average molecular weight is 305 g/mol. The quantitative estimate of drug-likeness (QED) is 0.866. The molecule has 1 aliphatic rings. The van der Waals surface area contributed by atoms with Crippen LogP contribution in [0.2, 0.25) is 0 Å². The SMILES string of the molecule is N#Cc1nccnc1N1CCN(CC=Cc2ccccc2)CC1. The Bertz CT molecular complexity index is 697. The van der Waals surface area contributed by atoms with Crippen molar-refractivity contribution in [2.75, 3.05) is 37.6 Å². The molecule has 5 heteroatoms. The summed E-state index contributed by atoms with van der Waals surface area (Å²) < 4.78 is 0. The van der Waals surface area contributed by atoms with Gasteiger partial charge in [-0.1, -0.05) is 42.5 Å². The minimum absolute atomic E-state index is 0.407. The number of nitriles is 1. The Labute approximate surface area is 136 Å². The molecule has 116 valence electrons. The van der Waals surface area contributed by atoms with Crippen molar-refractivity contribution in [1.29, 1.82) is 5.26 Å². The molecule has 23 heavy (non-hydrogen) atoms. The highest BCUT2D eigenvalue weighted by Crippen LogP contribution is 2.16. The van der Waals surface area contributed by atoms with E-state index in [1.54, 1.807) is 12.4 Å². The molecule has 1 fully saturated rings. The van der Waals surface area contributed by atoms with Gasteiger partial charge in [-0.15, -0.1) is 0 Å². The third-order valence-corrected chi connectivity index (χ3v) is 3.93. The summed E-state index contributed by atoms with van der Waals surface area (Å²) in [7, 11) is 0. The van der Waals surface area contributed by atoms with Crippen molar-refractivity contribution in [3.05, 3.63) is 60.1 Å². The first-order chi connectivity index (χ1) is 11.4. The molecule has 0 unspecified atom stereocenters. The summed E-state index contributed by atoms with van der Waals surface area (Å²) in [5.74, 6) is 0.703. The van der Waals surface area contributed by atoms with Crippen LogP contribution < -0.4 is 4.90 Å². The lowest BCUT2D eigenvalue weighted by atomic mass is 10.2. The highest BCUT2D eigenvalue weighted by atomic mass is 15.3. The predicted octanol–water partition coefficient (Wildman–Crippen LogP) is 2.18. The lowest BCUT2D eigenvalue weighted by Gasteiger charge is -2.34. The second-order valence-corrected chi connectivity index (χ2v) is 5.44. The molecule has 0 spiro atoms. The fourth-order valence-electron chi connectivity index (χ4n) is 2.69. The molecule has 1 saturated heterocycles. The molecule has 1 aliphatic heterocycles. The summed E-state index contributed by atoms with van der Waals surface area (Å²) in [4.78, 5) is 12.9. The van der Waals surface area contributed by atoms with Crippen molar-refractivity contribution in [2.24, 2.45) is 0 Å². The van der Waals surface area contributed by atoms with Gasteiger partial charge in [0.1, 0.15) is 6.07 Å². The Kier molecular flexibility index (Phi) is 4.97. The Morgan fingerprint density at radius 1 is 1.04 bits per heavy atom. The van der Waals surface area contributed by atoms with Gasteiger partial charge in [-0.2, -0.15) is 5.26 Å². The van der Waals surface area contributed by atoms with Gasteiger partial charge in [0.2, 0.25) is 0 Å². The van der Waals surface area contributed by atoms with Crippen LogP contribution in [0.15, 0.2) is 48.8 Å². The smallest absolute Gasteiger partial charge is 0.183 e. The number of hydrogen-bond donors (Lipinski definition) is 0. The molecule has 2 aromatic rings. The molecule has 1 aromatic heterocycles. The molecule has 0 bridgehead atoms. The first-order valence-electron chi connectivity index (χ1n) is 7.77. The van der Waals surface area contributed by atoms with Crippen LogP contribution in [0.1, 0.15) is 11.3 Å². The standard InChI is InChI=1S/C18H19N5/c19-15-17-18(21-9-8-20-17)23-13-11-22(12-14-23)10-4-7-16-5-2-1-3-6-16/h1-9H,10-14H2. The number of benzene rings is 1. The summed E-state index contributed by atoms with van der Waals surface area (Å²) >= 11 is 0. The van der Waals surface area contributed by atoms with E-state index in [1.807, 2.05) is 18.2 Å². The maximum Gasteiger partial charge on any atom is 0.183 e. The Hall–Kier alpha value is -2.71. The van der Waals surface area contributed by atoms with Crippen molar-refractivity contribution in [3.8, 4) is 6.07 Å². The van der Waals surface area contributed by atoms with E-state index in [-0.39, 0.29) is 0 Å². The Morgan fingerprint density at radius 3 is 2.52 bits per heavy atom. The van der Waals surface area contributed by atoms with Gasteiger partial charge in [-0.3, -0.25) is 4.90 Å². The van der Waals surface area contributed by atoms with Crippen LogP contribution in [-0.2, 0) is 0 Å². The van der Waals surface area contributed by atoms with E-state index < -0.39 is 0 Å². The van der Waals surface area contributed by atoms with E-state index in [0.717, 1.165) is 32.7 Å². The van der Waals surface area contributed by atoms with Crippen LogP contribution in [0.3, 0.4) is 0 Å². The molecule has 3 rings (SSSR count). The number of piperazine rings is 1. The molecule has 2 heterocycles. The van der Waals surface area contributed by atoms with Crippen molar-refractivity contribution < 1.29 is 0 Å². The van der Waals surface area contributed by atoms with Crippen molar-refractivity contribution in [2.45, 2.75) is 0 Å². The van der Waals surface area contributed by atoms with Crippen LogP contribution >= 0.6 is 0 Å². The summed E-state index contributed by atoms with van der Waals surface area (Å²) in [5.41, 5.74) is 1.63. The molecular formula is C18H19N5. The van der Waals surface area contributed by atoms with Gasteiger partial charge in [0.05, 0.1) is 0 Å². The average Bonchev–Trinajstić information content (AvgIpc) is 2.63. The van der Waals surface area contributed by atoms with E-state index in [2.05, 4.69) is 50.1 Å². The first-order valence-corrected chi connectivity index (χ1v) is 7.77. The van der Waals surface area contributed by atoms with Crippen LogP contribution in [-0.4, -0.2) is 47.6 Å². The lowest BCUT2D eigenvalue weighted by Crippen LogP contribution is -2.46. The lowest BCUT2D eigenvalue weighted by molar-refractivity contribution is 0.283. The van der Waals surface area contributed by atoms with E-state index in [1.165, 1.54) is 5.56 Å². The molecule has 5 nitrogen and oxygen atoms in total. The zero-order valence-corrected chi connectivity index (χ0v) is 13.0. The van der Waals surface area contributed by atoms with Gasteiger partial charge in [0, 0.05) is 45.1 Å². The molecule has 1 aromatic carbocycles. The fourth-order valence-corrected chi connectivity index (χ4v) is 2.69. The number of aromatic nitrogens is 2. The fraction of sp³-hybridized carbons (Fsp3) is 0.278. The number of anilines is 1.